The molecule has 7 nitrogen and oxygen atoms in total. The van der Waals surface area contributed by atoms with Gasteiger partial charge in [-0.05, 0) is 18.8 Å². The Bertz CT molecular complexity index is 537. The lowest BCUT2D eigenvalue weighted by Gasteiger charge is -2.32. The van der Waals surface area contributed by atoms with Crippen molar-refractivity contribution in [3.05, 3.63) is 27.4 Å². The molecule has 8 heteroatoms. The minimum absolute atomic E-state index is 0.0154. The van der Waals surface area contributed by atoms with Gasteiger partial charge in [-0.25, -0.2) is 4.98 Å². The highest BCUT2D eigenvalue weighted by atomic mass is 35.5. The van der Waals surface area contributed by atoms with Gasteiger partial charge in [0.1, 0.15) is 0 Å². The van der Waals surface area contributed by atoms with Crippen molar-refractivity contribution in [2.75, 3.05) is 18.0 Å². The molecule has 1 aliphatic rings. The van der Waals surface area contributed by atoms with Gasteiger partial charge in [0.15, 0.2) is 0 Å². The van der Waals surface area contributed by atoms with Crippen LogP contribution < -0.4 is 4.90 Å². The largest absolute Gasteiger partial charge is 0.481 e. The predicted molar refractivity (Wildman–Crippen MR) is 73.1 cm³/mol. The maximum absolute atomic E-state index is 11.1. The van der Waals surface area contributed by atoms with Gasteiger partial charge in [0, 0.05) is 31.8 Å². The van der Waals surface area contributed by atoms with E-state index in [2.05, 4.69) is 4.98 Å². The number of aromatic nitrogens is 1. The van der Waals surface area contributed by atoms with E-state index in [1.165, 1.54) is 12.3 Å². The molecule has 0 saturated carbocycles. The van der Waals surface area contributed by atoms with E-state index in [4.69, 9.17) is 16.7 Å². The topological polar surface area (TPSA) is 96.6 Å². The molecular weight excluding hydrogens is 286 g/mol. The molecule has 2 heterocycles. The first-order valence-corrected chi connectivity index (χ1v) is 6.62. The number of pyridine rings is 1. The summed E-state index contributed by atoms with van der Waals surface area (Å²) in [4.78, 5) is 27.1. The van der Waals surface area contributed by atoms with Gasteiger partial charge in [-0.3, -0.25) is 14.9 Å². The summed E-state index contributed by atoms with van der Waals surface area (Å²) in [5, 5.41) is 20.1. The van der Waals surface area contributed by atoms with Crippen LogP contribution >= 0.6 is 11.6 Å². The second kappa shape index (κ2) is 6.04. The highest BCUT2D eigenvalue weighted by Gasteiger charge is 2.28. The maximum atomic E-state index is 11.1. The van der Waals surface area contributed by atoms with E-state index in [-0.39, 0.29) is 28.9 Å². The summed E-state index contributed by atoms with van der Waals surface area (Å²) in [6, 6.07) is 1.27. The van der Waals surface area contributed by atoms with E-state index < -0.39 is 10.9 Å². The van der Waals surface area contributed by atoms with Gasteiger partial charge in [-0.2, -0.15) is 0 Å². The Morgan fingerprint density at radius 1 is 1.65 bits per heavy atom. The molecule has 1 aliphatic heterocycles. The molecule has 108 valence electrons. The van der Waals surface area contributed by atoms with Gasteiger partial charge in [0.2, 0.25) is 5.82 Å². The molecule has 0 radical (unpaired) electrons. The maximum Gasteiger partial charge on any atom is 0.313 e. The van der Waals surface area contributed by atoms with Crippen LogP contribution in [0.25, 0.3) is 0 Å². The first-order chi connectivity index (χ1) is 9.47. The Kier molecular flexibility index (Phi) is 4.39. The number of hydrogen-bond donors (Lipinski definition) is 1. The van der Waals surface area contributed by atoms with Crippen LogP contribution in [0.1, 0.15) is 19.3 Å². The zero-order valence-electron chi connectivity index (χ0n) is 10.7. The molecule has 0 aromatic carbocycles. The lowest BCUT2D eigenvalue weighted by Crippen LogP contribution is -2.37. The van der Waals surface area contributed by atoms with Crippen LogP contribution in [0.15, 0.2) is 12.3 Å². The number of piperidine rings is 1. The lowest BCUT2D eigenvalue weighted by molar-refractivity contribution is -0.384. The number of carboxylic acid groups (broad SMARTS) is 1. The number of nitrogens with zero attached hydrogens (tertiary/aromatic N) is 3. The van der Waals surface area contributed by atoms with E-state index in [1.54, 1.807) is 4.90 Å². The third-order valence-corrected chi connectivity index (χ3v) is 3.50. The van der Waals surface area contributed by atoms with E-state index in [0.29, 0.717) is 13.1 Å². The SMILES string of the molecule is O=C(O)CC1CCCN(c2ncc(Cl)cc2[N+](=O)[O-])C1. The van der Waals surface area contributed by atoms with Crippen molar-refractivity contribution in [1.82, 2.24) is 4.98 Å². The van der Waals surface area contributed by atoms with E-state index in [0.717, 1.165) is 12.8 Å². The fourth-order valence-corrected chi connectivity index (χ4v) is 2.62. The van der Waals surface area contributed by atoms with Crippen molar-refractivity contribution >= 4 is 29.1 Å². The summed E-state index contributed by atoms with van der Waals surface area (Å²) >= 11 is 5.73. The van der Waals surface area contributed by atoms with E-state index >= 15 is 0 Å². The van der Waals surface area contributed by atoms with Crippen molar-refractivity contribution in [2.24, 2.45) is 5.92 Å². The molecule has 0 aliphatic carbocycles. The van der Waals surface area contributed by atoms with Crippen molar-refractivity contribution in [2.45, 2.75) is 19.3 Å². The van der Waals surface area contributed by atoms with Gasteiger partial charge >= 0.3 is 11.7 Å². The molecule has 1 atom stereocenters. The normalized spacial score (nSPS) is 18.9. The van der Waals surface area contributed by atoms with Crippen LogP contribution in [0.2, 0.25) is 5.02 Å². The first kappa shape index (κ1) is 14.5. The van der Waals surface area contributed by atoms with Gasteiger partial charge < -0.3 is 10.0 Å². The average Bonchev–Trinajstić information content (AvgIpc) is 2.38. The molecule has 1 unspecified atom stereocenters. The van der Waals surface area contributed by atoms with Crippen molar-refractivity contribution in [3.8, 4) is 0 Å². The van der Waals surface area contributed by atoms with Crippen LogP contribution in [-0.2, 0) is 4.79 Å². The number of anilines is 1. The zero-order valence-corrected chi connectivity index (χ0v) is 11.4. The van der Waals surface area contributed by atoms with Crippen molar-refractivity contribution < 1.29 is 14.8 Å². The standard InChI is InChI=1S/C12H14ClN3O4/c13-9-5-10(16(19)20)12(14-6-9)15-3-1-2-8(7-15)4-11(17)18/h5-6,8H,1-4,7H2,(H,17,18). The van der Waals surface area contributed by atoms with E-state index in [9.17, 15) is 14.9 Å². The van der Waals surface area contributed by atoms with Gasteiger partial charge in [0.05, 0.1) is 9.95 Å². The van der Waals surface area contributed by atoms with Crippen molar-refractivity contribution in [3.63, 3.8) is 0 Å². The summed E-state index contributed by atoms with van der Waals surface area (Å²) < 4.78 is 0. The Labute approximate surface area is 120 Å². The predicted octanol–water partition coefficient (Wildman–Crippen LogP) is 2.33. The Balaban J connectivity index is 2.22. The zero-order chi connectivity index (χ0) is 14.7. The number of carbonyl (C=O) groups is 1. The van der Waals surface area contributed by atoms with Crippen molar-refractivity contribution in [1.29, 1.82) is 0 Å². The average molecular weight is 300 g/mol. The second-order valence-corrected chi connectivity index (χ2v) is 5.24. The molecule has 1 fully saturated rings. The van der Waals surface area contributed by atoms with Crippen LogP contribution in [0.3, 0.4) is 0 Å². The number of hydrogen-bond acceptors (Lipinski definition) is 5. The monoisotopic (exact) mass is 299 g/mol. The summed E-state index contributed by atoms with van der Waals surface area (Å²) in [5.41, 5.74) is -0.145. The summed E-state index contributed by atoms with van der Waals surface area (Å²) in [5.74, 6) is -0.608. The fraction of sp³-hybridized carbons (Fsp3) is 0.500. The Hall–Kier alpha value is -1.89. The minimum Gasteiger partial charge on any atom is -0.481 e. The van der Waals surface area contributed by atoms with Gasteiger partial charge in [0.25, 0.3) is 0 Å². The van der Waals surface area contributed by atoms with Crippen LogP contribution in [-0.4, -0.2) is 34.1 Å². The lowest BCUT2D eigenvalue weighted by atomic mass is 9.95. The second-order valence-electron chi connectivity index (χ2n) is 4.81. The van der Waals surface area contributed by atoms with Gasteiger partial charge in [-0.15, -0.1) is 0 Å². The third kappa shape index (κ3) is 3.36. The molecule has 1 aromatic heterocycles. The molecule has 1 saturated heterocycles. The summed E-state index contributed by atoms with van der Waals surface area (Å²) in [7, 11) is 0. The molecule has 1 N–H and O–H groups in total. The number of rotatable bonds is 4. The van der Waals surface area contributed by atoms with Crippen LogP contribution in [0.4, 0.5) is 11.5 Å². The number of carboxylic acids is 1. The van der Waals surface area contributed by atoms with Crippen LogP contribution in [0, 0.1) is 16.0 Å². The molecular formula is C12H14ClN3O4. The van der Waals surface area contributed by atoms with Gasteiger partial charge in [-0.1, -0.05) is 11.6 Å². The van der Waals surface area contributed by atoms with Crippen LogP contribution in [0.5, 0.6) is 0 Å². The minimum atomic E-state index is -0.851. The highest BCUT2D eigenvalue weighted by molar-refractivity contribution is 6.30. The molecule has 1 aromatic rings. The molecule has 20 heavy (non-hydrogen) atoms. The Morgan fingerprint density at radius 3 is 3.05 bits per heavy atom. The smallest absolute Gasteiger partial charge is 0.313 e. The quantitative estimate of drug-likeness (QED) is 0.677. The fourth-order valence-electron chi connectivity index (χ4n) is 2.47. The summed E-state index contributed by atoms with van der Waals surface area (Å²) in [6.07, 6.45) is 3.03. The highest BCUT2D eigenvalue weighted by Crippen LogP contribution is 2.32. The molecule has 2 rings (SSSR count). The molecule has 0 spiro atoms. The number of halogens is 1. The molecule has 0 bridgehead atoms. The third-order valence-electron chi connectivity index (χ3n) is 3.29. The molecule has 0 amide bonds. The first-order valence-electron chi connectivity index (χ1n) is 6.24. The number of nitro groups is 1. The summed E-state index contributed by atoms with van der Waals surface area (Å²) in [6.45, 7) is 1.09. The number of aliphatic carboxylic acids is 1. The van der Waals surface area contributed by atoms with E-state index in [1.807, 2.05) is 0 Å². The Morgan fingerprint density at radius 2 is 2.40 bits per heavy atom.